The standard InChI is InChI=1S/C20H25NO3/c1-15(21-19(22)24-20(2,3)4)17-12-8-9-13-18(17)23-14-16-10-6-5-7-11-16/h5-13,15H,14H2,1-4H3,(H,21,22). The zero-order chi connectivity index (χ0) is 17.6. The Balaban J connectivity index is 2.03. The molecule has 2 aromatic carbocycles. The van der Waals surface area contributed by atoms with Gasteiger partial charge in [0.25, 0.3) is 0 Å². The third-order valence-corrected chi connectivity index (χ3v) is 3.36. The van der Waals surface area contributed by atoms with Gasteiger partial charge in [0.2, 0.25) is 0 Å². The van der Waals surface area contributed by atoms with Crippen LogP contribution in [0.4, 0.5) is 4.79 Å². The van der Waals surface area contributed by atoms with E-state index in [-0.39, 0.29) is 6.04 Å². The van der Waals surface area contributed by atoms with Crippen LogP contribution < -0.4 is 10.1 Å². The van der Waals surface area contributed by atoms with Crippen LogP contribution in [0, 0.1) is 0 Å². The van der Waals surface area contributed by atoms with Crippen LogP contribution in [-0.4, -0.2) is 11.7 Å². The Hall–Kier alpha value is -2.49. The van der Waals surface area contributed by atoms with Crippen LogP contribution in [0.3, 0.4) is 0 Å². The fraction of sp³-hybridized carbons (Fsp3) is 0.350. The Labute approximate surface area is 143 Å². The van der Waals surface area contributed by atoms with E-state index < -0.39 is 11.7 Å². The fourth-order valence-electron chi connectivity index (χ4n) is 2.27. The Morgan fingerprint density at radius 3 is 2.33 bits per heavy atom. The Bertz CT molecular complexity index is 662. The third-order valence-electron chi connectivity index (χ3n) is 3.36. The van der Waals surface area contributed by atoms with Gasteiger partial charge in [-0.15, -0.1) is 0 Å². The molecule has 4 nitrogen and oxygen atoms in total. The number of rotatable bonds is 5. The molecule has 0 saturated carbocycles. The largest absolute Gasteiger partial charge is 0.489 e. The van der Waals surface area contributed by atoms with Gasteiger partial charge in [0.1, 0.15) is 18.0 Å². The fourth-order valence-corrected chi connectivity index (χ4v) is 2.27. The molecule has 0 saturated heterocycles. The number of benzene rings is 2. The molecule has 0 aliphatic carbocycles. The third kappa shape index (κ3) is 5.61. The van der Waals surface area contributed by atoms with Crippen molar-refractivity contribution in [3.63, 3.8) is 0 Å². The highest BCUT2D eigenvalue weighted by Crippen LogP contribution is 2.26. The molecule has 128 valence electrons. The van der Waals surface area contributed by atoms with Gasteiger partial charge in [-0.05, 0) is 39.3 Å². The van der Waals surface area contributed by atoms with E-state index >= 15 is 0 Å². The minimum Gasteiger partial charge on any atom is -0.489 e. The molecule has 1 atom stereocenters. The van der Waals surface area contributed by atoms with Crippen molar-refractivity contribution < 1.29 is 14.3 Å². The summed E-state index contributed by atoms with van der Waals surface area (Å²) in [7, 11) is 0. The molecule has 0 aliphatic heterocycles. The minimum atomic E-state index is -0.521. The second-order valence-corrected chi connectivity index (χ2v) is 6.68. The van der Waals surface area contributed by atoms with Gasteiger partial charge in [0, 0.05) is 5.56 Å². The lowest BCUT2D eigenvalue weighted by Crippen LogP contribution is -2.34. The van der Waals surface area contributed by atoms with E-state index in [0.717, 1.165) is 16.9 Å². The van der Waals surface area contributed by atoms with Gasteiger partial charge in [-0.25, -0.2) is 4.79 Å². The van der Waals surface area contributed by atoms with Crippen LogP contribution >= 0.6 is 0 Å². The molecule has 0 aliphatic rings. The quantitative estimate of drug-likeness (QED) is 0.854. The van der Waals surface area contributed by atoms with Crippen LogP contribution in [0.2, 0.25) is 0 Å². The predicted molar refractivity (Wildman–Crippen MR) is 95.0 cm³/mol. The molecular weight excluding hydrogens is 302 g/mol. The van der Waals surface area contributed by atoms with Crippen molar-refractivity contribution in [1.82, 2.24) is 5.32 Å². The molecule has 2 rings (SSSR count). The van der Waals surface area contributed by atoms with Crippen LogP contribution in [0.15, 0.2) is 54.6 Å². The summed E-state index contributed by atoms with van der Waals surface area (Å²) in [6, 6.07) is 17.5. The first-order valence-corrected chi connectivity index (χ1v) is 8.10. The molecule has 4 heteroatoms. The maximum absolute atomic E-state index is 12.0. The highest BCUT2D eigenvalue weighted by atomic mass is 16.6. The molecule has 0 radical (unpaired) electrons. The molecule has 0 heterocycles. The van der Waals surface area contributed by atoms with Crippen molar-refractivity contribution in [3.05, 3.63) is 65.7 Å². The zero-order valence-electron chi connectivity index (χ0n) is 14.7. The number of carbonyl (C=O) groups is 1. The van der Waals surface area contributed by atoms with Crippen LogP contribution in [0.1, 0.15) is 44.9 Å². The highest BCUT2D eigenvalue weighted by molar-refractivity contribution is 5.68. The summed E-state index contributed by atoms with van der Waals surface area (Å²) < 4.78 is 11.2. The summed E-state index contributed by atoms with van der Waals surface area (Å²) in [4.78, 5) is 12.0. The second kappa shape index (κ2) is 7.86. The maximum Gasteiger partial charge on any atom is 0.408 e. The number of carbonyl (C=O) groups excluding carboxylic acids is 1. The summed E-state index contributed by atoms with van der Waals surface area (Å²) >= 11 is 0. The molecule has 1 unspecified atom stereocenters. The van der Waals surface area contributed by atoms with E-state index in [0.29, 0.717) is 6.61 Å². The summed E-state index contributed by atoms with van der Waals surface area (Å²) in [5.74, 6) is 0.755. The Morgan fingerprint density at radius 1 is 1.04 bits per heavy atom. The molecule has 0 aromatic heterocycles. The normalized spacial score (nSPS) is 12.3. The average molecular weight is 327 g/mol. The number of amides is 1. The van der Waals surface area contributed by atoms with Gasteiger partial charge in [0.15, 0.2) is 0 Å². The van der Waals surface area contributed by atoms with Gasteiger partial charge < -0.3 is 14.8 Å². The van der Waals surface area contributed by atoms with Crippen molar-refractivity contribution in [2.45, 2.75) is 45.9 Å². The lowest BCUT2D eigenvalue weighted by Gasteiger charge is -2.23. The number of alkyl carbamates (subject to hydrolysis) is 1. The Kier molecular flexibility index (Phi) is 5.85. The highest BCUT2D eigenvalue weighted by Gasteiger charge is 2.19. The Morgan fingerprint density at radius 2 is 1.67 bits per heavy atom. The van der Waals surface area contributed by atoms with Crippen LogP contribution in [0.5, 0.6) is 5.75 Å². The lowest BCUT2D eigenvalue weighted by atomic mass is 10.1. The molecule has 1 amide bonds. The number of hydrogen-bond donors (Lipinski definition) is 1. The van der Waals surface area contributed by atoms with Crippen molar-refractivity contribution in [3.8, 4) is 5.75 Å². The van der Waals surface area contributed by atoms with Gasteiger partial charge in [-0.3, -0.25) is 0 Å². The van der Waals surface area contributed by atoms with E-state index in [9.17, 15) is 4.79 Å². The van der Waals surface area contributed by atoms with Crippen molar-refractivity contribution >= 4 is 6.09 Å². The number of ether oxygens (including phenoxy) is 2. The zero-order valence-corrected chi connectivity index (χ0v) is 14.7. The second-order valence-electron chi connectivity index (χ2n) is 6.68. The van der Waals surface area contributed by atoms with Gasteiger partial charge in [-0.2, -0.15) is 0 Å². The average Bonchev–Trinajstić information content (AvgIpc) is 2.52. The topological polar surface area (TPSA) is 47.6 Å². The first kappa shape index (κ1) is 17.9. The van der Waals surface area contributed by atoms with Crippen molar-refractivity contribution in [2.24, 2.45) is 0 Å². The monoisotopic (exact) mass is 327 g/mol. The van der Waals surface area contributed by atoms with E-state index in [1.807, 2.05) is 82.3 Å². The number of hydrogen-bond acceptors (Lipinski definition) is 3. The lowest BCUT2D eigenvalue weighted by molar-refractivity contribution is 0.0507. The summed E-state index contributed by atoms with van der Waals surface area (Å²) in [6.45, 7) is 7.92. The SMILES string of the molecule is CC(NC(=O)OC(C)(C)C)c1ccccc1OCc1ccccc1. The summed E-state index contributed by atoms with van der Waals surface area (Å²) in [5, 5.41) is 2.85. The summed E-state index contributed by atoms with van der Waals surface area (Å²) in [5.41, 5.74) is 1.49. The minimum absolute atomic E-state index is 0.216. The van der Waals surface area contributed by atoms with Crippen LogP contribution in [0.25, 0.3) is 0 Å². The van der Waals surface area contributed by atoms with Crippen molar-refractivity contribution in [1.29, 1.82) is 0 Å². The molecular formula is C20H25NO3. The van der Waals surface area contributed by atoms with Gasteiger partial charge >= 0.3 is 6.09 Å². The maximum atomic E-state index is 12.0. The van der Waals surface area contributed by atoms with E-state index in [1.165, 1.54) is 0 Å². The summed E-state index contributed by atoms with van der Waals surface area (Å²) in [6.07, 6.45) is -0.437. The number of para-hydroxylation sites is 1. The predicted octanol–water partition coefficient (Wildman–Crippen LogP) is 4.85. The first-order chi connectivity index (χ1) is 11.3. The smallest absolute Gasteiger partial charge is 0.408 e. The van der Waals surface area contributed by atoms with Gasteiger partial charge in [-0.1, -0.05) is 48.5 Å². The number of nitrogens with one attached hydrogen (secondary N) is 1. The molecule has 2 aromatic rings. The van der Waals surface area contributed by atoms with E-state index in [4.69, 9.17) is 9.47 Å². The van der Waals surface area contributed by atoms with E-state index in [2.05, 4.69) is 5.32 Å². The van der Waals surface area contributed by atoms with Crippen LogP contribution in [-0.2, 0) is 11.3 Å². The van der Waals surface area contributed by atoms with Crippen molar-refractivity contribution in [2.75, 3.05) is 0 Å². The molecule has 24 heavy (non-hydrogen) atoms. The van der Waals surface area contributed by atoms with E-state index in [1.54, 1.807) is 0 Å². The molecule has 0 bridgehead atoms. The first-order valence-electron chi connectivity index (χ1n) is 8.10. The molecule has 1 N–H and O–H groups in total. The molecule has 0 fully saturated rings. The van der Waals surface area contributed by atoms with Gasteiger partial charge in [0.05, 0.1) is 6.04 Å². The molecule has 0 spiro atoms.